The van der Waals surface area contributed by atoms with E-state index in [9.17, 15) is 9.59 Å². The van der Waals surface area contributed by atoms with Crippen molar-refractivity contribution in [3.8, 4) is 0 Å². The van der Waals surface area contributed by atoms with Crippen LogP contribution in [0.15, 0.2) is 42.5 Å². The first-order valence-corrected chi connectivity index (χ1v) is 13.1. The second-order valence-corrected chi connectivity index (χ2v) is 12.9. The molecule has 1 aromatic rings. The zero-order valence-corrected chi connectivity index (χ0v) is 18.0. The van der Waals surface area contributed by atoms with E-state index in [1.165, 1.54) is 5.01 Å². The number of allylic oxidation sites excluding steroid dienone is 1. The van der Waals surface area contributed by atoms with Crippen molar-refractivity contribution in [2.24, 2.45) is 0 Å². The molecule has 1 aromatic carbocycles. The number of nitrogens with zero attached hydrogens (tertiary/aromatic N) is 1. The lowest BCUT2D eigenvalue weighted by Gasteiger charge is -2.29. The number of nitrogens with one attached hydrogen (secondary N) is 1. The van der Waals surface area contributed by atoms with Crippen LogP contribution in [0.25, 0.3) is 0 Å². The molecule has 0 spiro atoms. The summed E-state index contributed by atoms with van der Waals surface area (Å²) in [5, 5.41) is 1.22. The molecule has 1 N–H and O–H groups in total. The second kappa shape index (κ2) is 11.4. The van der Waals surface area contributed by atoms with Crippen molar-refractivity contribution in [2.45, 2.75) is 52.0 Å². The average molecular weight is 393 g/mol. The van der Waals surface area contributed by atoms with E-state index >= 15 is 0 Å². The number of benzene rings is 1. The number of ether oxygens (including phenoxy) is 2. The summed E-state index contributed by atoms with van der Waals surface area (Å²) in [5.41, 5.74) is 3.58. The van der Waals surface area contributed by atoms with Gasteiger partial charge in [-0.1, -0.05) is 62.1 Å². The highest BCUT2D eigenvalue weighted by Gasteiger charge is 2.26. The average Bonchev–Trinajstić information content (AvgIpc) is 2.59. The third-order valence-electron chi connectivity index (χ3n) is 3.66. The molecule has 1 atom stereocenters. The van der Waals surface area contributed by atoms with Gasteiger partial charge < -0.3 is 9.47 Å². The van der Waals surface area contributed by atoms with Crippen molar-refractivity contribution in [3.63, 3.8) is 0 Å². The molecular weight excluding hydrogens is 360 g/mol. The highest BCUT2D eigenvalue weighted by atomic mass is 28.3. The van der Waals surface area contributed by atoms with Gasteiger partial charge in [-0.3, -0.25) is 0 Å². The normalized spacial score (nSPS) is 12.5. The smallest absolute Gasteiger partial charge is 0.429 e. The lowest BCUT2D eigenvalue weighted by Crippen LogP contribution is -2.52. The first-order valence-electron chi connectivity index (χ1n) is 9.36. The van der Waals surface area contributed by atoms with E-state index in [0.29, 0.717) is 6.42 Å². The standard InChI is InChI=1S/C20H32N2O4Si/c1-6-25-19(23)21-22(20(24)26-7-2)18(14-11-15-27(3,4)5)16-17-12-9-8-10-13-17/h8-14,18H,6-7,15-16H2,1-5H3,(H,21,23)/b14-11+. The molecule has 1 rings (SSSR count). The van der Waals surface area contributed by atoms with Gasteiger partial charge >= 0.3 is 12.2 Å². The number of amides is 2. The van der Waals surface area contributed by atoms with E-state index in [2.05, 4.69) is 31.1 Å². The van der Waals surface area contributed by atoms with E-state index in [0.717, 1.165) is 11.6 Å². The predicted molar refractivity (Wildman–Crippen MR) is 110 cm³/mol. The number of hydrogen-bond acceptors (Lipinski definition) is 4. The van der Waals surface area contributed by atoms with Gasteiger partial charge in [0.15, 0.2) is 0 Å². The van der Waals surface area contributed by atoms with Gasteiger partial charge in [-0.15, -0.1) is 0 Å². The Labute approximate surface area is 163 Å². The van der Waals surface area contributed by atoms with Gasteiger partial charge in [0.25, 0.3) is 0 Å². The van der Waals surface area contributed by atoms with Gasteiger partial charge in [-0.25, -0.2) is 20.0 Å². The Morgan fingerprint density at radius 2 is 1.74 bits per heavy atom. The molecule has 0 aliphatic heterocycles. The van der Waals surface area contributed by atoms with Crippen LogP contribution in [0.5, 0.6) is 0 Å². The van der Waals surface area contributed by atoms with Crippen LogP contribution in [0, 0.1) is 0 Å². The maximum absolute atomic E-state index is 12.5. The molecule has 6 nitrogen and oxygen atoms in total. The van der Waals surface area contributed by atoms with Crippen LogP contribution in [0.1, 0.15) is 19.4 Å². The molecule has 0 bridgehead atoms. The van der Waals surface area contributed by atoms with Crippen LogP contribution in [0.4, 0.5) is 9.59 Å². The Bertz CT molecular complexity index is 614. The highest BCUT2D eigenvalue weighted by molar-refractivity contribution is 6.76. The first-order chi connectivity index (χ1) is 12.8. The minimum absolute atomic E-state index is 0.219. The molecule has 0 aromatic heterocycles. The molecule has 0 saturated heterocycles. The zero-order valence-electron chi connectivity index (χ0n) is 17.0. The summed E-state index contributed by atoms with van der Waals surface area (Å²) >= 11 is 0. The van der Waals surface area contributed by atoms with Gasteiger partial charge in [0.05, 0.1) is 19.3 Å². The maximum atomic E-state index is 12.5. The number of hydrogen-bond donors (Lipinski definition) is 1. The van der Waals surface area contributed by atoms with E-state index in [-0.39, 0.29) is 19.3 Å². The Morgan fingerprint density at radius 3 is 2.30 bits per heavy atom. The first kappa shape index (κ1) is 22.8. The van der Waals surface area contributed by atoms with Crippen LogP contribution in [0.3, 0.4) is 0 Å². The Balaban J connectivity index is 3.09. The highest BCUT2D eigenvalue weighted by Crippen LogP contribution is 2.14. The van der Waals surface area contributed by atoms with Crippen LogP contribution in [-0.2, 0) is 15.9 Å². The van der Waals surface area contributed by atoms with Crippen LogP contribution in [0.2, 0.25) is 25.7 Å². The van der Waals surface area contributed by atoms with Crippen molar-refractivity contribution >= 4 is 20.3 Å². The molecule has 0 radical (unpaired) electrons. The van der Waals surface area contributed by atoms with E-state index < -0.39 is 20.3 Å². The molecule has 0 aliphatic carbocycles. The van der Waals surface area contributed by atoms with E-state index in [1.807, 2.05) is 36.4 Å². The van der Waals surface area contributed by atoms with Crippen LogP contribution >= 0.6 is 0 Å². The molecule has 0 fully saturated rings. The van der Waals surface area contributed by atoms with E-state index in [1.54, 1.807) is 13.8 Å². The van der Waals surface area contributed by atoms with Crippen LogP contribution in [-0.4, -0.2) is 44.5 Å². The summed E-state index contributed by atoms with van der Waals surface area (Å²) < 4.78 is 10.1. The Morgan fingerprint density at radius 1 is 1.11 bits per heavy atom. The monoisotopic (exact) mass is 392 g/mol. The summed E-state index contributed by atoms with van der Waals surface area (Å²) in [6.07, 6.45) is 3.33. The van der Waals surface area contributed by atoms with Gasteiger partial charge in [0.2, 0.25) is 0 Å². The molecule has 2 amide bonds. The molecule has 1 unspecified atom stereocenters. The number of rotatable bonds is 8. The zero-order chi connectivity index (χ0) is 20.3. The number of carbonyl (C=O) groups excluding carboxylic acids is 2. The fraction of sp³-hybridized carbons (Fsp3) is 0.500. The minimum Gasteiger partial charge on any atom is -0.449 e. The van der Waals surface area contributed by atoms with E-state index in [4.69, 9.17) is 9.47 Å². The second-order valence-electron chi connectivity index (χ2n) is 7.35. The molecule has 0 saturated carbocycles. The topological polar surface area (TPSA) is 67.9 Å². The molecule has 7 heteroatoms. The fourth-order valence-electron chi connectivity index (χ4n) is 2.40. The van der Waals surface area contributed by atoms with Crippen molar-refractivity contribution < 1.29 is 19.1 Å². The van der Waals surface area contributed by atoms with Gasteiger partial charge in [0.1, 0.15) is 0 Å². The quantitative estimate of drug-likeness (QED) is 0.398. The van der Waals surface area contributed by atoms with Gasteiger partial charge in [-0.2, -0.15) is 0 Å². The molecular formula is C20H32N2O4Si. The lowest BCUT2D eigenvalue weighted by atomic mass is 10.1. The van der Waals surface area contributed by atoms with Gasteiger partial charge in [-0.05, 0) is 31.9 Å². The van der Waals surface area contributed by atoms with Crippen molar-refractivity contribution in [1.29, 1.82) is 0 Å². The summed E-state index contributed by atoms with van der Waals surface area (Å²) in [6, 6.07) is 10.4. The van der Waals surface area contributed by atoms with Gasteiger partial charge in [0, 0.05) is 8.07 Å². The molecule has 0 aliphatic rings. The van der Waals surface area contributed by atoms with Crippen molar-refractivity contribution in [3.05, 3.63) is 48.0 Å². The van der Waals surface area contributed by atoms with Crippen molar-refractivity contribution in [2.75, 3.05) is 13.2 Å². The SMILES string of the molecule is CCOC(=O)NN(C(=O)OCC)C(/C=C/C[Si](C)(C)C)Cc1ccccc1. The predicted octanol–water partition coefficient (Wildman–Crippen LogP) is 4.61. The maximum Gasteiger partial charge on any atom is 0.429 e. The molecule has 0 heterocycles. The Hall–Kier alpha value is -2.28. The summed E-state index contributed by atoms with van der Waals surface area (Å²) in [7, 11) is -1.27. The number of hydrazine groups is 1. The third kappa shape index (κ3) is 9.28. The lowest BCUT2D eigenvalue weighted by molar-refractivity contribution is 0.0634. The Kier molecular flexibility index (Phi) is 9.64. The summed E-state index contributed by atoms with van der Waals surface area (Å²) in [5.74, 6) is 0. The largest absolute Gasteiger partial charge is 0.449 e. The fourth-order valence-corrected chi connectivity index (χ4v) is 3.24. The third-order valence-corrected chi connectivity index (χ3v) is 5.12. The summed E-state index contributed by atoms with van der Waals surface area (Å²) in [4.78, 5) is 24.4. The van der Waals surface area contributed by atoms with Crippen molar-refractivity contribution in [1.82, 2.24) is 10.4 Å². The summed E-state index contributed by atoms with van der Waals surface area (Å²) in [6.45, 7) is 10.7. The minimum atomic E-state index is -1.27. The number of carbonyl (C=O) groups is 2. The molecule has 150 valence electrons. The van der Waals surface area contributed by atoms with Crippen LogP contribution < -0.4 is 5.43 Å². The molecule has 27 heavy (non-hydrogen) atoms.